The highest BCUT2D eigenvalue weighted by atomic mass is 35.5. The highest BCUT2D eigenvalue weighted by Crippen LogP contribution is 2.40. The molecule has 0 aliphatic carbocycles. The Labute approximate surface area is 242 Å². The van der Waals surface area contributed by atoms with E-state index in [-0.39, 0.29) is 6.10 Å². The van der Waals surface area contributed by atoms with Crippen molar-refractivity contribution in [2.75, 3.05) is 44.3 Å². The predicted octanol–water partition coefficient (Wildman–Crippen LogP) is 4.12. The number of hydrogen-bond acceptors (Lipinski definition) is 9. The number of hydrogen-bond donors (Lipinski definition) is 1. The minimum Gasteiger partial charge on any atom is -0.491 e. The highest BCUT2D eigenvalue weighted by molar-refractivity contribution is 6.35. The van der Waals surface area contributed by atoms with E-state index in [1.54, 1.807) is 23.1 Å². The van der Waals surface area contributed by atoms with Crippen molar-refractivity contribution < 1.29 is 24.5 Å². The topological polar surface area (TPSA) is 128 Å². The van der Waals surface area contributed by atoms with Crippen LogP contribution in [0.15, 0.2) is 55.1 Å². The average Bonchev–Trinajstić information content (AvgIpc) is 3.58. The zero-order valence-electron chi connectivity index (χ0n) is 22.2. The molecule has 5 rings (SSSR count). The number of piperazine rings is 1. The monoisotopic (exact) mass is 594 g/mol. The fourth-order valence-corrected chi connectivity index (χ4v) is 5.27. The second-order valence-corrected chi connectivity index (χ2v) is 10.5. The molecular weight excluding hydrogens is 563 g/mol. The van der Waals surface area contributed by atoms with Gasteiger partial charge in [-0.1, -0.05) is 29.3 Å². The van der Waals surface area contributed by atoms with Crippen LogP contribution >= 0.6 is 23.2 Å². The Morgan fingerprint density at radius 2 is 1.88 bits per heavy atom. The number of ether oxygens (including phenoxy) is 3. The molecule has 14 heteroatoms. The molecule has 0 amide bonds. The molecule has 0 saturated carbocycles. The van der Waals surface area contributed by atoms with Crippen molar-refractivity contribution in [3.05, 3.63) is 80.8 Å². The van der Waals surface area contributed by atoms with E-state index in [0.717, 1.165) is 31.9 Å². The van der Waals surface area contributed by atoms with Crippen molar-refractivity contribution in [2.24, 2.45) is 0 Å². The van der Waals surface area contributed by atoms with E-state index < -0.39 is 10.9 Å². The van der Waals surface area contributed by atoms with Crippen LogP contribution in [-0.2, 0) is 21.8 Å². The molecule has 1 aromatic heterocycles. The van der Waals surface area contributed by atoms with E-state index in [1.165, 1.54) is 12.0 Å². The fraction of sp³-hybridized carbons (Fsp3) is 0.462. The summed E-state index contributed by atoms with van der Waals surface area (Å²) in [5, 5.41) is 18.9. The minimum absolute atomic E-state index is 0.288. The van der Waals surface area contributed by atoms with Gasteiger partial charge in [-0.2, -0.15) is 5.10 Å². The summed E-state index contributed by atoms with van der Waals surface area (Å²) < 4.78 is 20.4. The van der Waals surface area contributed by atoms with Gasteiger partial charge in [0.1, 0.15) is 37.7 Å². The van der Waals surface area contributed by atoms with Crippen LogP contribution in [0.2, 0.25) is 10.0 Å². The number of rotatable bonds is 8. The van der Waals surface area contributed by atoms with Gasteiger partial charge in [-0.25, -0.2) is 9.67 Å². The van der Waals surface area contributed by atoms with Crippen LogP contribution in [0.3, 0.4) is 0 Å². The largest absolute Gasteiger partial charge is 0.491 e. The third-order valence-electron chi connectivity index (χ3n) is 6.72. The van der Waals surface area contributed by atoms with Crippen molar-refractivity contribution in [1.29, 1.82) is 0 Å². The molecule has 0 spiro atoms. The molecule has 2 saturated heterocycles. The van der Waals surface area contributed by atoms with Crippen LogP contribution in [0, 0.1) is 10.1 Å². The number of benzene rings is 2. The summed E-state index contributed by atoms with van der Waals surface area (Å²) in [6.07, 6.45) is 2.80. The van der Waals surface area contributed by atoms with Gasteiger partial charge in [-0.05, 0) is 50.2 Å². The van der Waals surface area contributed by atoms with Crippen LogP contribution in [0.1, 0.15) is 19.4 Å². The number of anilines is 1. The Morgan fingerprint density at radius 1 is 1.18 bits per heavy atom. The molecule has 1 N–H and O–H groups in total. The molecule has 2 aliphatic rings. The van der Waals surface area contributed by atoms with E-state index >= 15 is 0 Å². The van der Waals surface area contributed by atoms with E-state index in [9.17, 15) is 0 Å². The molecule has 216 valence electrons. The number of halogens is 2. The lowest BCUT2D eigenvalue weighted by Gasteiger charge is -2.38. The summed E-state index contributed by atoms with van der Waals surface area (Å²) in [7, 11) is 0. The molecule has 2 fully saturated rings. The predicted molar refractivity (Wildman–Crippen MR) is 149 cm³/mol. The van der Waals surface area contributed by atoms with Gasteiger partial charge in [-0.3, -0.25) is 4.90 Å². The minimum atomic E-state index is -1.50. The number of nitrogens with zero attached hydrogens (tertiary/aromatic N) is 6. The van der Waals surface area contributed by atoms with Crippen molar-refractivity contribution >= 4 is 28.9 Å². The fourth-order valence-electron chi connectivity index (χ4n) is 4.72. The lowest BCUT2D eigenvalue weighted by atomic mass is 10.1. The van der Waals surface area contributed by atoms with E-state index in [0.29, 0.717) is 41.4 Å². The van der Waals surface area contributed by atoms with E-state index in [2.05, 4.69) is 45.9 Å². The van der Waals surface area contributed by atoms with Crippen LogP contribution in [0.4, 0.5) is 5.69 Å². The van der Waals surface area contributed by atoms with E-state index in [4.69, 9.17) is 52.7 Å². The molecule has 2 aromatic carbocycles. The first-order chi connectivity index (χ1) is 19.1. The molecule has 0 unspecified atom stereocenters. The molecule has 2 atom stereocenters. The van der Waals surface area contributed by atoms with Crippen LogP contribution in [-0.4, -0.2) is 81.5 Å². The van der Waals surface area contributed by atoms with Crippen molar-refractivity contribution in [3.8, 4) is 5.75 Å². The molecule has 3 aromatic rings. The van der Waals surface area contributed by atoms with Crippen molar-refractivity contribution in [1.82, 2.24) is 19.7 Å². The Morgan fingerprint density at radius 3 is 2.48 bits per heavy atom. The van der Waals surface area contributed by atoms with E-state index in [1.807, 2.05) is 18.2 Å². The van der Waals surface area contributed by atoms with Crippen LogP contribution in [0.25, 0.3) is 0 Å². The lowest BCUT2D eigenvalue weighted by molar-refractivity contribution is -0.742. The second kappa shape index (κ2) is 13.5. The standard InChI is InChI=1S/C26H31Cl2N5O3.HNO3/c1-19(2)31-9-11-32(12-10-31)21-4-6-22(7-5-21)34-14-23-15-35-26(36-23,16-33-18-29-17-30-33)24-8-3-20(27)13-25(24)28;2-1(3)4/h3-8,13,17-19,23H,9-12,14-16H2,1-2H3;(H,2,3,4)/t23-,26-;/m0./s1. The molecule has 2 aliphatic heterocycles. The van der Waals surface area contributed by atoms with Crippen molar-refractivity contribution in [2.45, 2.75) is 38.3 Å². The average molecular weight is 595 g/mol. The molecule has 3 heterocycles. The quantitative estimate of drug-likeness (QED) is 0.300. The maximum Gasteiger partial charge on any atom is 0.291 e. The first-order valence-corrected chi connectivity index (χ1v) is 13.6. The van der Waals surface area contributed by atoms with Gasteiger partial charge in [-0.15, -0.1) is 10.1 Å². The molecular formula is C26H32Cl2N6O6. The Balaban J connectivity index is 0.000000867. The Hall–Kier alpha value is -3.16. The molecule has 40 heavy (non-hydrogen) atoms. The van der Waals surface area contributed by atoms with Gasteiger partial charge in [0.05, 0.1) is 11.6 Å². The maximum atomic E-state index is 8.36. The first kappa shape index (κ1) is 29.8. The van der Waals surface area contributed by atoms with Crippen LogP contribution in [0.5, 0.6) is 5.75 Å². The third kappa shape index (κ3) is 7.73. The summed E-state index contributed by atoms with van der Waals surface area (Å²) in [6, 6.07) is 14.1. The van der Waals surface area contributed by atoms with Gasteiger partial charge in [0, 0.05) is 48.5 Å². The Kier molecular flexibility index (Phi) is 10.0. The Bertz CT molecular complexity index is 1240. The SMILES string of the molecule is CC(C)N1CCN(c2ccc(OC[C@H]3CO[C@](Cn4cncn4)(c4ccc(Cl)cc4Cl)O3)cc2)CC1.O=[N+]([O-])O. The van der Waals surface area contributed by atoms with Gasteiger partial charge < -0.3 is 24.3 Å². The third-order valence-corrected chi connectivity index (χ3v) is 7.27. The van der Waals surface area contributed by atoms with Gasteiger partial charge >= 0.3 is 0 Å². The lowest BCUT2D eigenvalue weighted by Crippen LogP contribution is -2.48. The maximum absolute atomic E-state index is 8.36. The first-order valence-electron chi connectivity index (χ1n) is 12.8. The summed E-state index contributed by atoms with van der Waals surface area (Å²) in [5.41, 5.74) is 1.91. The van der Waals surface area contributed by atoms with Gasteiger partial charge in [0.15, 0.2) is 0 Å². The second-order valence-electron chi connectivity index (χ2n) is 9.68. The summed E-state index contributed by atoms with van der Waals surface area (Å²) in [4.78, 5) is 17.3. The molecule has 12 nitrogen and oxygen atoms in total. The molecule has 0 radical (unpaired) electrons. The zero-order valence-corrected chi connectivity index (χ0v) is 23.7. The molecule has 0 bridgehead atoms. The van der Waals surface area contributed by atoms with Gasteiger partial charge in [0.2, 0.25) is 5.79 Å². The summed E-state index contributed by atoms with van der Waals surface area (Å²) in [6.45, 7) is 9.74. The van der Waals surface area contributed by atoms with Gasteiger partial charge in [0.25, 0.3) is 5.09 Å². The summed E-state index contributed by atoms with van der Waals surface area (Å²) in [5.74, 6) is -0.327. The smallest absolute Gasteiger partial charge is 0.291 e. The number of aromatic nitrogens is 3. The van der Waals surface area contributed by atoms with Crippen molar-refractivity contribution in [3.63, 3.8) is 0 Å². The normalized spacial score (nSPS) is 21.2. The summed E-state index contributed by atoms with van der Waals surface area (Å²) >= 11 is 12.7. The highest BCUT2D eigenvalue weighted by Gasteiger charge is 2.45. The van der Waals surface area contributed by atoms with Crippen LogP contribution < -0.4 is 9.64 Å². The zero-order chi connectivity index (χ0) is 28.7.